The maximum atomic E-state index is 12.1. The second-order valence-electron chi connectivity index (χ2n) is 4.31. The van der Waals surface area contributed by atoms with Gasteiger partial charge in [0.25, 0.3) is 5.91 Å². The predicted molar refractivity (Wildman–Crippen MR) is 71.3 cm³/mol. The minimum atomic E-state index is -0.298. The van der Waals surface area contributed by atoms with Crippen molar-refractivity contribution in [2.45, 2.75) is 0 Å². The van der Waals surface area contributed by atoms with Crippen molar-refractivity contribution in [3.8, 4) is 0 Å². The van der Waals surface area contributed by atoms with Crippen LogP contribution in [-0.4, -0.2) is 24.2 Å². The molecule has 19 heavy (non-hydrogen) atoms. The molecule has 0 saturated heterocycles. The van der Waals surface area contributed by atoms with E-state index in [0.717, 1.165) is 21.6 Å². The summed E-state index contributed by atoms with van der Waals surface area (Å²) in [5.74, 6) is -0.298. The molecular weight excluding hydrogens is 242 g/mol. The number of carbonyl (C=O) groups excluding carboxylic acids is 1. The van der Waals surface area contributed by atoms with E-state index in [4.69, 9.17) is 9.94 Å². The van der Waals surface area contributed by atoms with Crippen molar-refractivity contribution in [3.63, 3.8) is 0 Å². The van der Waals surface area contributed by atoms with E-state index in [2.05, 4.69) is 11.6 Å². The summed E-state index contributed by atoms with van der Waals surface area (Å²) in [4.78, 5) is 16.9. The van der Waals surface area contributed by atoms with Crippen LogP contribution in [0.3, 0.4) is 0 Å². The summed E-state index contributed by atoms with van der Waals surface area (Å²) in [7, 11) is 0. The van der Waals surface area contributed by atoms with Crippen LogP contribution in [0.1, 0.15) is 10.4 Å². The molecule has 0 atom stereocenters. The highest BCUT2D eigenvalue weighted by atomic mass is 16.7. The van der Waals surface area contributed by atoms with Crippen molar-refractivity contribution in [1.82, 2.24) is 5.48 Å². The Labute approximate surface area is 110 Å². The maximum absolute atomic E-state index is 12.1. The van der Waals surface area contributed by atoms with Gasteiger partial charge < -0.3 is 5.11 Å². The zero-order chi connectivity index (χ0) is 13.2. The maximum Gasteiger partial charge on any atom is 0.275 e. The standard InChI is InChI=1S/C15H13NO3/c17-7-8-19-16-15(18)13-6-2-4-11-9-10-3-1-5-12(10)14(11)13/h1-6,9,17H,7-8H2,(H,16,18). The number of hydrogen-bond donors (Lipinski definition) is 2. The Morgan fingerprint density at radius 3 is 3.11 bits per heavy atom. The van der Waals surface area contributed by atoms with Gasteiger partial charge in [0.1, 0.15) is 0 Å². The second-order valence-corrected chi connectivity index (χ2v) is 4.31. The number of carbonyl (C=O) groups is 1. The minimum Gasteiger partial charge on any atom is -0.394 e. The number of aliphatic hydroxyl groups is 1. The van der Waals surface area contributed by atoms with Gasteiger partial charge in [0.05, 0.1) is 13.2 Å². The van der Waals surface area contributed by atoms with Crippen LogP contribution in [0.25, 0.3) is 11.6 Å². The molecule has 1 aromatic carbocycles. The molecule has 1 amide bonds. The van der Waals surface area contributed by atoms with Crippen molar-refractivity contribution < 1.29 is 14.7 Å². The van der Waals surface area contributed by atoms with Gasteiger partial charge in [-0.2, -0.15) is 0 Å². The van der Waals surface area contributed by atoms with Crippen LogP contribution in [0.15, 0.2) is 42.0 Å². The molecular formula is C15H13NO3. The highest BCUT2D eigenvalue weighted by molar-refractivity contribution is 5.99. The van der Waals surface area contributed by atoms with Gasteiger partial charge in [-0.1, -0.05) is 30.4 Å². The molecule has 3 rings (SSSR count). The topological polar surface area (TPSA) is 58.6 Å². The second kappa shape index (κ2) is 4.84. The molecule has 2 aliphatic rings. The number of aliphatic hydroxyl groups excluding tert-OH is 1. The molecule has 0 aromatic heterocycles. The normalized spacial score (nSPS) is 14.8. The van der Waals surface area contributed by atoms with Crippen molar-refractivity contribution in [2.24, 2.45) is 0 Å². The van der Waals surface area contributed by atoms with Gasteiger partial charge in [0, 0.05) is 10.8 Å². The van der Waals surface area contributed by atoms with Crippen LogP contribution in [0.5, 0.6) is 0 Å². The van der Waals surface area contributed by atoms with E-state index < -0.39 is 0 Å². The van der Waals surface area contributed by atoms with Crippen LogP contribution >= 0.6 is 0 Å². The number of nitrogens with one attached hydrogen (secondary N) is 1. The van der Waals surface area contributed by atoms with Crippen LogP contribution in [0.2, 0.25) is 0 Å². The highest BCUT2D eigenvalue weighted by Gasteiger charge is 2.17. The Morgan fingerprint density at radius 2 is 2.26 bits per heavy atom. The average molecular weight is 255 g/mol. The largest absolute Gasteiger partial charge is 0.394 e. The number of benzene rings is 1. The van der Waals surface area contributed by atoms with Crippen LogP contribution < -0.4 is 15.9 Å². The number of amides is 1. The lowest BCUT2D eigenvalue weighted by Crippen LogP contribution is -2.35. The van der Waals surface area contributed by atoms with E-state index in [1.165, 1.54) is 0 Å². The third kappa shape index (κ3) is 2.01. The summed E-state index contributed by atoms with van der Waals surface area (Å²) in [6.07, 6.45) is 8.07. The fourth-order valence-corrected chi connectivity index (χ4v) is 2.35. The number of fused-ring (bicyclic) bond motifs is 2. The van der Waals surface area contributed by atoms with Crippen LogP contribution in [0.4, 0.5) is 0 Å². The fraction of sp³-hybridized carbons (Fsp3) is 0.133. The molecule has 0 bridgehead atoms. The quantitative estimate of drug-likeness (QED) is 0.578. The van der Waals surface area contributed by atoms with Gasteiger partial charge >= 0.3 is 0 Å². The third-order valence-corrected chi connectivity index (χ3v) is 3.13. The smallest absolute Gasteiger partial charge is 0.275 e. The highest BCUT2D eigenvalue weighted by Crippen LogP contribution is 2.21. The summed E-state index contributed by atoms with van der Waals surface area (Å²) >= 11 is 0. The van der Waals surface area contributed by atoms with Crippen molar-refractivity contribution in [1.29, 1.82) is 0 Å². The average Bonchev–Trinajstić information content (AvgIpc) is 2.98. The van der Waals surface area contributed by atoms with Crippen molar-refractivity contribution in [2.75, 3.05) is 13.2 Å². The number of hydroxylamine groups is 1. The molecule has 0 aliphatic heterocycles. The molecule has 0 heterocycles. The van der Waals surface area contributed by atoms with E-state index in [9.17, 15) is 4.79 Å². The Hall–Kier alpha value is -2.17. The molecule has 0 spiro atoms. The van der Waals surface area contributed by atoms with E-state index in [0.29, 0.717) is 5.56 Å². The van der Waals surface area contributed by atoms with Crippen LogP contribution in [0, 0.1) is 0 Å². The lowest BCUT2D eigenvalue weighted by molar-refractivity contribution is 0.0167. The van der Waals surface area contributed by atoms with Gasteiger partial charge in [-0.3, -0.25) is 9.63 Å². The predicted octanol–water partition coefficient (Wildman–Crippen LogP) is -0.219. The van der Waals surface area contributed by atoms with Crippen LogP contribution in [-0.2, 0) is 4.84 Å². The summed E-state index contributed by atoms with van der Waals surface area (Å²) < 4.78 is 0. The molecule has 0 saturated carbocycles. The van der Waals surface area contributed by atoms with Gasteiger partial charge in [-0.25, -0.2) is 5.48 Å². The van der Waals surface area contributed by atoms with E-state index in [1.54, 1.807) is 6.07 Å². The van der Waals surface area contributed by atoms with Crippen molar-refractivity contribution >= 4 is 17.6 Å². The Kier molecular flexibility index (Phi) is 3.03. The first-order chi connectivity index (χ1) is 9.31. The number of allylic oxidation sites excluding steroid dienone is 4. The summed E-state index contributed by atoms with van der Waals surface area (Å²) in [6, 6.07) is 5.61. The molecule has 2 aliphatic carbocycles. The number of hydrogen-bond acceptors (Lipinski definition) is 3. The molecule has 0 fully saturated rings. The summed E-state index contributed by atoms with van der Waals surface area (Å²) in [5, 5.41) is 10.6. The molecule has 4 nitrogen and oxygen atoms in total. The molecule has 0 radical (unpaired) electrons. The Balaban J connectivity index is 2.03. The molecule has 96 valence electrons. The van der Waals surface area contributed by atoms with Gasteiger partial charge in [0.2, 0.25) is 0 Å². The molecule has 4 heteroatoms. The Bertz CT molecular complexity index is 713. The van der Waals surface area contributed by atoms with E-state index in [-0.39, 0.29) is 19.1 Å². The number of rotatable bonds is 4. The SMILES string of the molecule is O=C(NOCCO)c1cccc2c1=C1C=CC=C1C=2. The van der Waals surface area contributed by atoms with E-state index >= 15 is 0 Å². The monoisotopic (exact) mass is 255 g/mol. The third-order valence-electron chi connectivity index (χ3n) is 3.13. The first-order valence-electron chi connectivity index (χ1n) is 6.08. The lowest BCUT2D eigenvalue weighted by Gasteiger charge is -2.05. The molecule has 1 aromatic rings. The van der Waals surface area contributed by atoms with E-state index in [1.807, 2.05) is 30.4 Å². The summed E-state index contributed by atoms with van der Waals surface area (Å²) in [5.41, 5.74) is 5.12. The fourth-order valence-electron chi connectivity index (χ4n) is 2.35. The van der Waals surface area contributed by atoms with Gasteiger partial charge in [-0.05, 0) is 28.5 Å². The minimum absolute atomic E-state index is 0.0779. The van der Waals surface area contributed by atoms with Gasteiger partial charge in [-0.15, -0.1) is 0 Å². The lowest BCUT2D eigenvalue weighted by atomic mass is 10.1. The zero-order valence-corrected chi connectivity index (χ0v) is 10.2. The first kappa shape index (κ1) is 11.9. The summed E-state index contributed by atoms with van der Waals surface area (Å²) in [6.45, 7) is -0.0531. The molecule has 0 unspecified atom stereocenters. The zero-order valence-electron chi connectivity index (χ0n) is 10.2. The first-order valence-corrected chi connectivity index (χ1v) is 6.08. The van der Waals surface area contributed by atoms with Gasteiger partial charge in [0.15, 0.2) is 0 Å². The Morgan fingerprint density at radius 1 is 1.37 bits per heavy atom. The van der Waals surface area contributed by atoms with Crippen molar-refractivity contribution in [3.05, 3.63) is 58.0 Å². The molecule has 2 N–H and O–H groups in total.